The molecule has 1 saturated carbocycles. The number of halogens is 1. The van der Waals surface area contributed by atoms with Gasteiger partial charge in [0.05, 0.1) is 12.3 Å². The van der Waals surface area contributed by atoms with Gasteiger partial charge in [0.25, 0.3) is 0 Å². The van der Waals surface area contributed by atoms with Crippen LogP contribution in [0.3, 0.4) is 0 Å². The number of rotatable bonds is 6. The Morgan fingerprint density at radius 1 is 1.50 bits per heavy atom. The van der Waals surface area contributed by atoms with Crippen LogP contribution in [0.25, 0.3) is 0 Å². The molecule has 0 aliphatic heterocycles. The Morgan fingerprint density at radius 2 is 2.31 bits per heavy atom. The van der Waals surface area contributed by atoms with E-state index in [0.717, 1.165) is 31.4 Å². The van der Waals surface area contributed by atoms with Crippen LogP contribution < -0.4 is 0 Å². The lowest BCUT2D eigenvalue weighted by atomic mass is 10.3. The van der Waals surface area contributed by atoms with Gasteiger partial charge < -0.3 is 4.74 Å². The molecule has 1 heterocycles. The molecule has 0 aromatic carbocycles. The molecule has 0 spiro atoms. The molecule has 4 heteroatoms. The van der Waals surface area contributed by atoms with Crippen LogP contribution in [0, 0.1) is 0 Å². The van der Waals surface area contributed by atoms with E-state index in [9.17, 15) is 0 Å². The molecule has 3 nitrogen and oxygen atoms in total. The van der Waals surface area contributed by atoms with E-state index in [0.29, 0.717) is 5.15 Å². The minimum atomic E-state index is 0.569. The topological polar surface area (TPSA) is 25.4 Å². The molecule has 16 heavy (non-hydrogen) atoms. The monoisotopic (exact) mass is 240 g/mol. The Balaban J connectivity index is 1.94. The standard InChI is InChI=1S/C12H17ClN2O/c1-16-8-7-15(11-5-6-11)9-10-3-2-4-12(13)14-10/h2-4,11H,5-9H2,1H3. The summed E-state index contributed by atoms with van der Waals surface area (Å²) >= 11 is 5.87. The van der Waals surface area contributed by atoms with Crippen LogP contribution in [-0.4, -0.2) is 36.2 Å². The van der Waals surface area contributed by atoms with Crippen molar-refractivity contribution in [1.82, 2.24) is 9.88 Å². The molecule has 0 amide bonds. The molecule has 1 aromatic rings. The van der Waals surface area contributed by atoms with E-state index >= 15 is 0 Å². The van der Waals surface area contributed by atoms with Gasteiger partial charge in [-0.05, 0) is 25.0 Å². The number of nitrogens with zero attached hydrogens (tertiary/aromatic N) is 2. The second kappa shape index (κ2) is 5.62. The van der Waals surface area contributed by atoms with E-state index in [1.807, 2.05) is 18.2 Å². The third kappa shape index (κ3) is 3.44. The van der Waals surface area contributed by atoms with Crippen LogP contribution in [-0.2, 0) is 11.3 Å². The van der Waals surface area contributed by atoms with Crippen molar-refractivity contribution in [1.29, 1.82) is 0 Å². The minimum absolute atomic E-state index is 0.569. The second-order valence-electron chi connectivity index (χ2n) is 4.15. The number of pyridine rings is 1. The quantitative estimate of drug-likeness (QED) is 0.714. The summed E-state index contributed by atoms with van der Waals surface area (Å²) in [5.74, 6) is 0. The Labute approximate surface area is 101 Å². The molecule has 0 bridgehead atoms. The van der Waals surface area contributed by atoms with Crippen molar-refractivity contribution in [2.24, 2.45) is 0 Å². The number of ether oxygens (including phenoxy) is 1. The van der Waals surface area contributed by atoms with Gasteiger partial charge in [-0.1, -0.05) is 17.7 Å². The number of hydrogen-bond acceptors (Lipinski definition) is 3. The molecule has 1 aliphatic carbocycles. The lowest BCUT2D eigenvalue weighted by Crippen LogP contribution is -2.29. The first-order valence-corrected chi connectivity index (χ1v) is 6.02. The van der Waals surface area contributed by atoms with Gasteiger partial charge in [-0.2, -0.15) is 0 Å². The van der Waals surface area contributed by atoms with Gasteiger partial charge in [0.15, 0.2) is 0 Å². The zero-order valence-corrected chi connectivity index (χ0v) is 10.3. The molecule has 2 rings (SSSR count). The SMILES string of the molecule is COCCN(Cc1cccc(Cl)n1)C1CC1. The normalized spacial score (nSPS) is 15.7. The molecular weight excluding hydrogens is 224 g/mol. The summed E-state index contributed by atoms with van der Waals surface area (Å²) in [5, 5.41) is 0.569. The fourth-order valence-corrected chi connectivity index (χ4v) is 1.97. The molecule has 1 aromatic heterocycles. The molecule has 0 atom stereocenters. The summed E-state index contributed by atoms with van der Waals surface area (Å²) < 4.78 is 5.12. The van der Waals surface area contributed by atoms with Crippen LogP contribution in [0.4, 0.5) is 0 Å². The van der Waals surface area contributed by atoms with Crippen molar-refractivity contribution < 1.29 is 4.74 Å². The first-order chi connectivity index (χ1) is 7.79. The van der Waals surface area contributed by atoms with Crippen LogP contribution in [0.15, 0.2) is 18.2 Å². The maximum absolute atomic E-state index is 5.87. The van der Waals surface area contributed by atoms with Crippen molar-refractivity contribution >= 4 is 11.6 Å². The van der Waals surface area contributed by atoms with E-state index in [-0.39, 0.29) is 0 Å². The van der Waals surface area contributed by atoms with Gasteiger partial charge in [0.2, 0.25) is 0 Å². The maximum atomic E-state index is 5.87. The molecule has 1 aliphatic rings. The lowest BCUT2D eigenvalue weighted by Gasteiger charge is -2.20. The highest BCUT2D eigenvalue weighted by molar-refractivity contribution is 6.29. The predicted octanol–water partition coefficient (Wildman–Crippen LogP) is 2.35. The van der Waals surface area contributed by atoms with Gasteiger partial charge in [-0.15, -0.1) is 0 Å². The molecule has 1 fully saturated rings. The maximum Gasteiger partial charge on any atom is 0.129 e. The Bertz CT molecular complexity index is 342. The molecule has 0 unspecified atom stereocenters. The summed E-state index contributed by atoms with van der Waals surface area (Å²) in [6.07, 6.45) is 2.59. The van der Waals surface area contributed by atoms with Crippen LogP contribution >= 0.6 is 11.6 Å². The average Bonchev–Trinajstić information content (AvgIpc) is 3.08. The van der Waals surface area contributed by atoms with Crippen molar-refractivity contribution in [3.8, 4) is 0 Å². The number of hydrogen-bond donors (Lipinski definition) is 0. The van der Waals surface area contributed by atoms with Gasteiger partial charge in [-0.25, -0.2) is 4.98 Å². The molecule has 0 radical (unpaired) electrons. The fraction of sp³-hybridized carbons (Fsp3) is 0.583. The van der Waals surface area contributed by atoms with Crippen molar-refractivity contribution in [3.63, 3.8) is 0 Å². The Hall–Kier alpha value is -0.640. The highest BCUT2D eigenvalue weighted by Crippen LogP contribution is 2.27. The lowest BCUT2D eigenvalue weighted by molar-refractivity contribution is 0.139. The predicted molar refractivity (Wildman–Crippen MR) is 64.6 cm³/mol. The molecule has 0 N–H and O–H groups in total. The third-order valence-electron chi connectivity index (χ3n) is 2.78. The van der Waals surface area contributed by atoms with Crippen molar-refractivity contribution in [3.05, 3.63) is 29.0 Å². The van der Waals surface area contributed by atoms with E-state index in [2.05, 4.69) is 9.88 Å². The van der Waals surface area contributed by atoms with E-state index < -0.39 is 0 Å². The largest absolute Gasteiger partial charge is 0.383 e. The zero-order chi connectivity index (χ0) is 11.4. The number of aromatic nitrogens is 1. The first kappa shape index (κ1) is 11.8. The van der Waals surface area contributed by atoms with Crippen molar-refractivity contribution in [2.45, 2.75) is 25.4 Å². The summed E-state index contributed by atoms with van der Waals surface area (Å²) in [6.45, 7) is 2.61. The fourth-order valence-electron chi connectivity index (χ4n) is 1.79. The summed E-state index contributed by atoms with van der Waals surface area (Å²) in [6, 6.07) is 6.50. The third-order valence-corrected chi connectivity index (χ3v) is 2.99. The van der Waals surface area contributed by atoms with Crippen LogP contribution in [0.5, 0.6) is 0 Å². The van der Waals surface area contributed by atoms with Crippen LogP contribution in [0.1, 0.15) is 18.5 Å². The molecule has 88 valence electrons. The van der Waals surface area contributed by atoms with E-state index in [1.165, 1.54) is 12.8 Å². The van der Waals surface area contributed by atoms with Crippen molar-refractivity contribution in [2.75, 3.05) is 20.3 Å². The number of methoxy groups -OCH3 is 1. The van der Waals surface area contributed by atoms with E-state index in [4.69, 9.17) is 16.3 Å². The Kier molecular flexibility index (Phi) is 4.16. The van der Waals surface area contributed by atoms with Gasteiger partial charge in [0.1, 0.15) is 5.15 Å². The highest BCUT2D eigenvalue weighted by atomic mass is 35.5. The summed E-state index contributed by atoms with van der Waals surface area (Å²) in [5.41, 5.74) is 1.04. The first-order valence-electron chi connectivity index (χ1n) is 5.64. The summed E-state index contributed by atoms with van der Waals surface area (Å²) in [4.78, 5) is 6.73. The van der Waals surface area contributed by atoms with Crippen LogP contribution in [0.2, 0.25) is 5.15 Å². The van der Waals surface area contributed by atoms with Gasteiger partial charge >= 0.3 is 0 Å². The van der Waals surface area contributed by atoms with Gasteiger partial charge in [0, 0.05) is 26.2 Å². The minimum Gasteiger partial charge on any atom is -0.383 e. The average molecular weight is 241 g/mol. The molecule has 0 saturated heterocycles. The van der Waals surface area contributed by atoms with E-state index in [1.54, 1.807) is 7.11 Å². The second-order valence-corrected chi connectivity index (χ2v) is 4.53. The molecular formula is C12H17ClN2O. The van der Waals surface area contributed by atoms with Gasteiger partial charge in [-0.3, -0.25) is 4.90 Å². The Morgan fingerprint density at radius 3 is 2.94 bits per heavy atom. The zero-order valence-electron chi connectivity index (χ0n) is 9.53. The summed E-state index contributed by atoms with van der Waals surface area (Å²) in [7, 11) is 1.74. The highest BCUT2D eigenvalue weighted by Gasteiger charge is 2.28. The smallest absolute Gasteiger partial charge is 0.129 e.